The van der Waals surface area contributed by atoms with Crippen LogP contribution in [-0.4, -0.2) is 51.5 Å². The highest BCUT2D eigenvalue weighted by Gasteiger charge is 2.35. The maximum atomic E-state index is 12.2. The van der Waals surface area contributed by atoms with Crippen molar-refractivity contribution in [1.29, 1.82) is 0 Å². The number of nitrogens with zero attached hydrogens (tertiary/aromatic N) is 1. The minimum Gasteiger partial charge on any atom is -0.480 e. The molecule has 7 heteroatoms. The molecule has 1 saturated heterocycles. The molecule has 2 atom stereocenters. The van der Waals surface area contributed by atoms with E-state index in [1.165, 1.54) is 16.7 Å². The van der Waals surface area contributed by atoms with Gasteiger partial charge in [-0.3, -0.25) is 9.59 Å². The normalized spacial score (nSPS) is 19.7. The number of thioether (sulfide) groups is 1. The molecule has 1 rings (SSSR count). The lowest BCUT2D eigenvalue weighted by atomic mass is 10.1. The minimum atomic E-state index is -1.07. The summed E-state index contributed by atoms with van der Waals surface area (Å²) >= 11 is 1.51. The minimum absolute atomic E-state index is 0.0528. The Bertz CT molecular complexity index is 425. The van der Waals surface area contributed by atoms with Gasteiger partial charge in [0.2, 0.25) is 11.8 Å². The number of hydrogen-bond donors (Lipinski definition) is 2. The van der Waals surface area contributed by atoms with E-state index < -0.39 is 18.1 Å². The Morgan fingerprint density at radius 3 is 2.76 bits per heavy atom. The molecule has 0 spiro atoms. The van der Waals surface area contributed by atoms with Gasteiger partial charge >= 0.3 is 5.97 Å². The Hall–Kier alpha value is -1.50. The van der Waals surface area contributed by atoms with E-state index in [4.69, 9.17) is 5.11 Å². The van der Waals surface area contributed by atoms with Crippen molar-refractivity contribution in [3.05, 3.63) is 12.2 Å². The van der Waals surface area contributed by atoms with Gasteiger partial charge in [0.1, 0.15) is 12.1 Å². The third kappa shape index (κ3) is 5.08. The first-order chi connectivity index (χ1) is 10.0. The summed E-state index contributed by atoms with van der Waals surface area (Å²) in [7, 11) is 0. The average Bonchev–Trinajstić information content (AvgIpc) is 2.92. The number of carbonyl (C=O) groups excluding carboxylic acids is 2. The molecule has 0 bridgehead atoms. The zero-order valence-corrected chi connectivity index (χ0v) is 13.2. The quantitative estimate of drug-likeness (QED) is 0.690. The zero-order chi connectivity index (χ0) is 15.8. The van der Waals surface area contributed by atoms with Gasteiger partial charge < -0.3 is 15.3 Å². The van der Waals surface area contributed by atoms with E-state index >= 15 is 0 Å². The molecule has 0 aromatic rings. The summed E-state index contributed by atoms with van der Waals surface area (Å²) in [5.74, 6) is -0.510. The van der Waals surface area contributed by atoms with Crippen LogP contribution in [0.2, 0.25) is 0 Å². The van der Waals surface area contributed by atoms with E-state index in [9.17, 15) is 14.4 Å². The Morgan fingerprint density at radius 1 is 1.48 bits per heavy atom. The maximum Gasteiger partial charge on any atom is 0.326 e. The van der Waals surface area contributed by atoms with Crippen LogP contribution in [-0.2, 0) is 14.4 Å². The SMILES string of the molecule is C/C=C/CC(NC(=O)C1CSCN1C(=O)CCC)C(=O)O. The van der Waals surface area contributed by atoms with Crippen LogP contribution in [0.5, 0.6) is 0 Å². The van der Waals surface area contributed by atoms with Crippen LogP contribution in [0.15, 0.2) is 12.2 Å². The van der Waals surface area contributed by atoms with Crippen molar-refractivity contribution in [3.63, 3.8) is 0 Å². The monoisotopic (exact) mass is 314 g/mol. The highest BCUT2D eigenvalue weighted by molar-refractivity contribution is 7.99. The van der Waals surface area contributed by atoms with Gasteiger partial charge in [0.05, 0.1) is 5.88 Å². The first-order valence-electron chi connectivity index (χ1n) is 7.02. The van der Waals surface area contributed by atoms with E-state index in [0.29, 0.717) is 18.1 Å². The summed E-state index contributed by atoms with van der Waals surface area (Å²) in [5, 5.41) is 11.6. The number of carboxylic acid groups (broad SMARTS) is 1. The van der Waals surface area contributed by atoms with E-state index in [-0.39, 0.29) is 18.2 Å². The van der Waals surface area contributed by atoms with Gasteiger partial charge in [0.15, 0.2) is 0 Å². The number of aliphatic carboxylic acids is 1. The predicted octanol–water partition coefficient (Wildman–Crippen LogP) is 1.22. The van der Waals surface area contributed by atoms with Crippen LogP contribution in [0.4, 0.5) is 0 Å². The Morgan fingerprint density at radius 2 is 2.19 bits per heavy atom. The molecule has 6 nitrogen and oxygen atoms in total. The van der Waals surface area contributed by atoms with Crippen LogP contribution in [0.1, 0.15) is 33.1 Å². The lowest BCUT2D eigenvalue weighted by molar-refractivity contribution is -0.143. The summed E-state index contributed by atoms with van der Waals surface area (Å²) in [6, 6.07) is -1.52. The fourth-order valence-electron chi connectivity index (χ4n) is 2.02. The highest BCUT2D eigenvalue weighted by Crippen LogP contribution is 2.22. The molecule has 21 heavy (non-hydrogen) atoms. The predicted molar refractivity (Wildman–Crippen MR) is 81.9 cm³/mol. The second-order valence-electron chi connectivity index (χ2n) is 4.83. The van der Waals surface area contributed by atoms with Crippen LogP contribution < -0.4 is 5.32 Å². The topological polar surface area (TPSA) is 86.7 Å². The molecule has 118 valence electrons. The Kier molecular flexibility index (Phi) is 7.28. The molecule has 1 aliphatic rings. The summed E-state index contributed by atoms with van der Waals surface area (Å²) in [6.45, 7) is 3.70. The van der Waals surface area contributed by atoms with Crippen molar-refractivity contribution in [1.82, 2.24) is 10.2 Å². The van der Waals surface area contributed by atoms with Crippen molar-refractivity contribution in [2.75, 3.05) is 11.6 Å². The van der Waals surface area contributed by atoms with Gasteiger partial charge in [0, 0.05) is 12.2 Å². The van der Waals surface area contributed by atoms with Crippen LogP contribution >= 0.6 is 11.8 Å². The first-order valence-corrected chi connectivity index (χ1v) is 8.18. The highest BCUT2D eigenvalue weighted by atomic mass is 32.2. The molecule has 0 aromatic carbocycles. The second kappa shape index (κ2) is 8.71. The van der Waals surface area contributed by atoms with Crippen molar-refractivity contribution in [2.45, 2.75) is 45.2 Å². The van der Waals surface area contributed by atoms with Gasteiger partial charge in [0.25, 0.3) is 0 Å². The molecule has 2 amide bonds. The van der Waals surface area contributed by atoms with Gasteiger partial charge in [-0.2, -0.15) is 0 Å². The summed E-state index contributed by atoms with van der Waals surface area (Å²) in [4.78, 5) is 36.9. The number of amides is 2. The van der Waals surface area contributed by atoms with E-state index in [1.54, 1.807) is 19.1 Å². The van der Waals surface area contributed by atoms with E-state index in [1.807, 2.05) is 6.92 Å². The molecule has 0 saturated carbocycles. The first kappa shape index (κ1) is 17.6. The van der Waals surface area contributed by atoms with Crippen LogP contribution in [0.3, 0.4) is 0 Å². The fourth-order valence-corrected chi connectivity index (χ4v) is 3.21. The number of carbonyl (C=O) groups is 3. The van der Waals surface area contributed by atoms with Gasteiger partial charge in [-0.05, 0) is 19.8 Å². The standard InChI is InChI=1S/C14H22N2O4S/c1-3-5-7-10(14(19)20)15-13(18)11-8-21-9-16(11)12(17)6-4-2/h3,5,10-11H,4,6-9H2,1-2H3,(H,15,18)(H,19,20)/b5-3+. The van der Waals surface area contributed by atoms with Gasteiger partial charge in [-0.25, -0.2) is 4.79 Å². The van der Waals surface area contributed by atoms with Crippen molar-refractivity contribution >= 4 is 29.5 Å². The van der Waals surface area contributed by atoms with Crippen LogP contribution in [0, 0.1) is 0 Å². The summed E-state index contributed by atoms with van der Waals surface area (Å²) in [5.41, 5.74) is 0. The molecule has 1 aliphatic heterocycles. The average molecular weight is 314 g/mol. The van der Waals surface area contributed by atoms with Crippen molar-refractivity contribution in [2.24, 2.45) is 0 Å². The largest absolute Gasteiger partial charge is 0.480 e. The smallest absolute Gasteiger partial charge is 0.326 e. The molecule has 2 N–H and O–H groups in total. The number of rotatable bonds is 7. The molecule has 0 aliphatic carbocycles. The Balaban J connectivity index is 2.67. The van der Waals surface area contributed by atoms with Crippen molar-refractivity contribution in [3.8, 4) is 0 Å². The van der Waals surface area contributed by atoms with Gasteiger partial charge in [-0.15, -0.1) is 11.8 Å². The second-order valence-corrected chi connectivity index (χ2v) is 5.83. The lowest BCUT2D eigenvalue weighted by Gasteiger charge is -2.24. The van der Waals surface area contributed by atoms with E-state index in [2.05, 4.69) is 5.32 Å². The fraction of sp³-hybridized carbons (Fsp3) is 0.643. The molecular formula is C14H22N2O4S. The molecular weight excluding hydrogens is 292 g/mol. The number of hydrogen-bond acceptors (Lipinski definition) is 4. The van der Waals surface area contributed by atoms with Crippen LogP contribution in [0.25, 0.3) is 0 Å². The number of carboxylic acids is 1. The molecule has 2 unspecified atom stereocenters. The maximum absolute atomic E-state index is 12.2. The van der Waals surface area contributed by atoms with Gasteiger partial charge in [-0.1, -0.05) is 19.1 Å². The zero-order valence-electron chi connectivity index (χ0n) is 12.4. The molecule has 0 radical (unpaired) electrons. The van der Waals surface area contributed by atoms with E-state index in [0.717, 1.165) is 6.42 Å². The third-order valence-electron chi connectivity index (χ3n) is 3.19. The van der Waals surface area contributed by atoms with Crippen molar-refractivity contribution < 1.29 is 19.5 Å². The summed E-state index contributed by atoms with van der Waals surface area (Å²) in [6.07, 6.45) is 4.81. The molecule has 0 aromatic heterocycles. The lowest BCUT2D eigenvalue weighted by Crippen LogP contribution is -2.51. The number of allylic oxidation sites excluding steroid dienone is 1. The third-order valence-corrected chi connectivity index (χ3v) is 4.20. The number of nitrogens with one attached hydrogen (secondary N) is 1. The molecule has 1 heterocycles. The molecule has 1 fully saturated rings. The summed E-state index contributed by atoms with van der Waals surface area (Å²) < 4.78 is 0. The Labute approximate surface area is 128 Å².